The third-order valence-corrected chi connectivity index (χ3v) is 5.68. The van der Waals surface area contributed by atoms with Crippen molar-refractivity contribution < 1.29 is 9.53 Å². The van der Waals surface area contributed by atoms with Gasteiger partial charge in [0.25, 0.3) is 0 Å². The number of H-pyrrole nitrogens is 1. The van der Waals surface area contributed by atoms with Crippen molar-refractivity contribution in [3.63, 3.8) is 0 Å². The quantitative estimate of drug-likeness (QED) is 0.274. The molecule has 5 nitrogen and oxygen atoms in total. The van der Waals surface area contributed by atoms with Crippen LogP contribution in [0.15, 0.2) is 60.8 Å². The zero-order valence-corrected chi connectivity index (χ0v) is 18.8. The highest BCUT2D eigenvalue weighted by Gasteiger charge is 2.20. The largest absolute Gasteiger partial charge is 0.445 e. The van der Waals surface area contributed by atoms with Crippen LogP contribution in [-0.2, 0) is 17.8 Å². The molecule has 0 unspecified atom stereocenters. The highest BCUT2D eigenvalue weighted by atomic mass is 32.1. The van der Waals surface area contributed by atoms with E-state index in [4.69, 9.17) is 17.0 Å². The van der Waals surface area contributed by atoms with Gasteiger partial charge in [-0.2, -0.15) is 0 Å². The van der Waals surface area contributed by atoms with E-state index in [0.29, 0.717) is 11.4 Å². The van der Waals surface area contributed by atoms with Gasteiger partial charge in [-0.1, -0.05) is 86.9 Å². The summed E-state index contributed by atoms with van der Waals surface area (Å²) in [6, 6.07) is 17.4. The summed E-state index contributed by atoms with van der Waals surface area (Å²) in [6.45, 7) is 3.23. The SMILES string of the molecule is CCCCCCNC(=S)[C@H](Cc1c[nH]c2ccccc12)NC(=O)OCc1ccccc1. The zero-order valence-electron chi connectivity index (χ0n) is 18.0. The molecule has 3 N–H and O–H groups in total. The average Bonchev–Trinajstić information content (AvgIpc) is 3.20. The molecule has 0 bridgehead atoms. The average molecular weight is 438 g/mol. The number of aromatic nitrogens is 1. The van der Waals surface area contributed by atoms with Crippen molar-refractivity contribution in [2.45, 2.75) is 51.7 Å². The molecule has 1 atom stereocenters. The van der Waals surface area contributed by atoms with E-state index in [1.807, 2.05) is 54.7 Å². The van der Waals surface area contributed by atoms with Crippen LogP contribution in [0.4, 0.5) is 4.79 Å². The lowest BCUT2D eigenvalue weighted by atomic mass is 10.0. The van der Waals surface area contributed by atoms with Gasteiger partial charge in [0.05, 0.1) is 11.0 Å². The van der Waals surface area contributed by atoms with Gasteiger partial charge in [-0.05, 0) is 23.6 Å². The lowest BCUT2D eigenvalue weighted by Crippen LogP contribution is -2.47. The minimum atomic E-state index is -0.469. The molecule has 1 amide bonds. The Morgan fingerprint density at radius 3 is 2.65 bits per heavy atom. The molecule has 2 aromatic carbocycles. The van der Waals surface area contributed by atoms with E-state index >= 15 is 0 Å². The van der Waals surface area contributed by atoms with Gasteiger partial charge in [0.15, 0.2) is 0 Å². The van der Waals surface area contributed by atoms with Gasteiger partial charge < -0.3 is 20.4 Å². The van der Waals surface area contributed by atoms with Gasteiger partial charge in [-0.25, -0.2) is 4.79 Å². The summed E-state index contributed by atoms with van der Waals surface area (Å²) in [4.78, 5) is 16.4. The predicted molar refractivity (Wildman–Crippen MR) is 130 cm³/mol. The molecule has 1 heterocycles. The first-order valence-electron chi connectivity index (χ1n) is 11.0. The number of hydrogen-bond donors (Lipinski definition) is 3. The summed E-state index contributed by atoms with van der Waals surface area (Å²) in [5.41, 5.74) is 3.13. The molecule has 0 aliphatic carbocycles. The van der Waals surface area contributed by atoms with Crippen LogP contribution >= 0.6 is 12.2 Å². The number of nitrogens with one attached hydrogen (secondary N) is 3. The third-order valence-electron chi connectivity index (χ3n) is 5.25. The molecule has 31 heavy (non-hydrogen) atoms. The number of benzene rings is 2. The summed E-state index contributed by atoms with van der Waals surface area (Å²) in [5, 5.41) is 7.43. The molecular formula is C25H31N3O2S. The third kappa shape index (κ3) is 7.10. The maximum atomic E-state index is 12.5. The number of alkyl carbamates (subject to hydrolysis) is 1. The fraction of sp³-hybridized carbons (Fsp3) is 0.360. The van der Waals surface area contributed by atoms with E-state index in [0.717, 1.165) is 35.0 Å². The van der Waals surface area contributed by atoms with Crippen molar-refractivity contribution in [3.8, 4) is 0 Å². The molecule has 0 aliphatic rings. The normalized spacial score (nSPS) is 11.8. The Morgan fingerprint density at radius 2 is 1.84 bits per heavy atom. The number of para-hydroxylation sites is 1. The van der Waals surface area contributed by atoms with Gasteiger partial charge in [0, 0.05) is 30.1 Å². The van der Waals surface area contributed by atoms with Crippen molar-refractivity contribution in [1.82, 2.24) is 15.6 Å². The van der Waals surface area contributed by atoms with Gasteiger partial charge in [0.2, 0.25) is 0 Å². The Morgan fingerprint density at radius 1 is 1.06 bits per heavy atom. The first-order valence-corrected chi connectivity index (χ1v) is 11.4. The molecular weight excluding hydrogens is 406 g/mol. The van der Waals surface area contributed by atoms with Crippen LogP contribution in [0.1, 0.15) is 43.7 Å². The predicted octanol–water partition coefficient (Wildman–Crippen LogP) is 5.50. The van der Waals surface area contributed by atoms with Crippen molar-refractivity contribution in [1.29, 1.82) is 0 Å². The molecule has 164 valence electrons. The van der Waals surface area contributed by atoms with Crippen LogP contribution in [-0.4, -0.2) is 28.7 Å². The summed E-state index contributed by atoms with van der Waals surface area (Å²) in [5.74, 6) is 0. The van der Waals surface area contributed by atoms with E-state index in [1.165, 1.54) is 19.3 Å². The highest BCUT2D eigenvalue weighted by molar-refractivity contribution is 7.80. The Labute approximate surface area is 189 Å². The van der Waals surface area contributed by atoms with E-state index < -0.39 is 6.09 Å². The number of aromatic amines is 1. The van der Waals surface area contributed by atoms with Crippen molar-refractivity contribution >= 4 is 34.2 Å². The summed E-state index contributed by atoms with van der Waals surface area (Å²) >= 11 is 5.65. The van der Waals surface area contributed by atoms with Crippen LogP contribution in [0, 0.1) is 0 Å². The van der Waals surface area contributed by atoms with Crippen LogP contribution < -0.4 is 10.6 Å². The molecule has 3 aromatic rings. The van der Waals surface area contributed by atoms with Crippen LogP contribution in [0.2, 0.25) is 0 Å². The Kier molecular flexibility index (Phi) is 8.91. The standard InChI is InChI=1S/C25H31N3O2S/c1-2-3-4-10-15-26-24(31)23(16-20-17-27-22-14-9-8-13-21(20)22)28-25(29)30-18-19-11-6-5-7-12-19/h5-9,11-14,17,23,27H,2-4,10,15-16,18H2,1H3,(H,26,31)(H,28,29)/t23-/m0/s1. The first-order chi connectivity index (χ1) is 15.2. The molecule has 3 rings (SSSR count). The number of carbonyl (C=O) groups excluding carboxylic acids is 1. The first kappa shape index (κ1) is 22.8. The zero-order chi connectivity index (χ0) is 21.9. The number of amides is 1. The van der Waals surface area contributed by atoms with Gasteiger partial charge in [0.1, 0.15) is 6.61 Å². The fourth-order valence-corrected chi connectivity index (χ4v) is 3.77. The van der Waals surface area contributed by atoms with Gasteiger partial charge >= 0.3 is 6.09 Å². The second kappa shape index (κ2) is 12.1. The van der Waals surface area contributed by atoms with Crippen molar-refractivity contribution in [2.75, 3.05) is 6.54 Å². The minimum absolute atomic E-state index is 0.226. The number of hydrogen-bond acceptors (Lipinski definition) is 3. The van der Waals surface area contributed by atoms with E-state index in [2.05, 4.69) is 28.6 Å². The molecule has 1 aromatic heterocycles. The number of rotatable bonds is 11. The van der Waals surface area contributed by atoms with Crippen LogP contribution in [0.3, 0.4) is 0 Å². The van der Waals surface area contributed by atoms with Crippen LogP contribution in [0.5, 0.6) is 0 Å². The van der Waals surface area contributed by atoms with Crippen LogP contribution in [0.25, 0.3) is 10.9 Å². The summed E-state index contributed by atoms with van der Waals surface area (Å²) < 4.78 is 5.43. The maximum Gasteiger partial charge on any atom is 0.408 e. The lowest BCUT2D eigenvalue weighted by Gasteiger charge is -2.21. The molecule has 0 spiro atoms. The van der Waals surface area contributed by atoms with Crippen molar-refractivity contribution in [2.24, 2.45) is 0 Å². The summed E-state index contributed by atoms with van der Waals surface area (Å²) in [6.07, 6.45) is 6.76. The van der Waals surface area contributed by atoms with E-state index in [-0.39, 0.29) is 12.6 Å². The lowest BCUT2D eigenvalue weighted by molar-refractivity contribution is 0.138. The van der Waals surface area contributed by atoms with E-state index in [1.54, 1.807) is 0 Å². The molecule has 0 saturated heterocycles. The maximum absolute atomic E-state index is 12.5. The van der Waals surface area contributed by atoms with E-state index in [9.17, 15) is 4.79 Å². The molecule has 0 radical (unpaired) electrons. The number of ether oxygens (including phenoxy) is 1. The minimum Gasteiger partial charge on any atom is -0.445 e. The second-order valence-electron chi connectivity index (χ2n) is 7.67. The fourth-order valence-electron chi connectivity index (χ4n) is 3.52. The molecule has 6 heteroatoms. The van der Waals surface area contributed by atoms with Gasteiger partial charge in [-0.3, -0.25) is 0 Å². The summed E-state index contributed by atoms with van der Waals surface area (Å²) in [7, 11) is 0. The smallest absolute Gasteiger partial charge is 0.408 e. The number of thiocarbonyl (C=S) groups is 1. The number of fused-ring (bicyclic) bond motifs is 1. The Bertz CT molecular complexity index is 971. The topological polar surface area (TPSA) is 66.2 Å². The number of carbonyl (C=O) groups is 1. The molecule has 0 aliphatic heterocycles. The monoisotopic (exact) mass is 437 g/mol. The second-order valence-corrected chi connectivity index (χ2v) is 8.11. The van der Waals surface area contributed by atoms with Gasteiger partial charge in [-0.15, -0.1) is 0 Å². The highest BCUT2D eigenvalue weighted by Crippen LogP contribution is 2.19. The molecule has 0 fully saturated rings. The molecule has 0 saturated carbocycles. The Hall–Kier alpha value is -2.86. The van der Waals surface area contributed by atoms with Crippen molar-refractivity contribution in [3.05, 3.63) is 71.9 Å². The Balaban J connectivity index is 1.63. The number of unbranched alkanes of at least 4 members (excludes halogenated alkanes) is 3.